The molecular formula is C20H29N5O4S2. The SMILES string of the molecule is Cc1ccccc1-c1nn(CN2CCN(S(=O)(=O)N3CC(C)OC(C)C3)CC2)c(=S)o1. The normalized spacial score (nSPS) is 24.5. The molecule has 3 heterocycles. The Morgan fingerprint density at radius 3 is 2.35 bits per heavy atom. The highest BCUT2D eigenvalue weighted by Crippen LogP contribution is 2.22. The van der Waals surface area contributed by atoms with E-state index in [0.717, 1.165) is 11.1 Å². The van der Waals surface area contributed by atoms with Crippen molar-refractivity contribution in [2.75, 3.05) is 39.3 Å². The summed E-state index contributed by atoms with van der Waals surface area (Å²) >= 11 is 5.36. The van der Waals surface area contributed by atoms with E-state index in [9.17, 15) is 8.42 Å². The predicted octanol–water partition coefficient (Wildman–Crippen LogP) is 2.11. The van der Waals surface area contributed by atoms with E-state index in [2.05, 4.69) is 10.00 Å². The van der Waals surface area contributed by atoms with E-state index in [4.69, 9.17) is 21.4 Å². The van der Waals surface area contributed by atoms with Gasteiger partial charge in [-0.1, -0.05) is 18.2 Å². The summed E-state index contributed by atoms with van der Waals surface area (Å²) in [4.78, 5) is 2.45. The minimum absolute atomic E-state index is 0.101. The van der Waals surface area contributed by atoms with Crippen LogP contribution in [0.15, 0.2) is 28.7 Å². The summed E-state index contributed by atoms with van der Waals surface area (Å²) < 4.78 is 42.3. The van der Waals surface area contributed by atoms with Crippen LogP contribution in [0.25, 0.3) is 11.5 Å². The van der Waals surface area contributed by atoms with Gasteiger partial charge in [-0.25, -0.2) is 4.68 Å². The third-order valence-corrected chi connectivity index (χ3v) is 7.95. The van der Waals surface area contributed by atoms with Crippen LogP contribution in [0, 0.1) is 11.8 Å². The molecule has 2 fully saturated rings. The first-order chi connectivity index (χ1) is 14.7. The van der Waals surface area contributed by atoms with E-state index < -0.39 is 10.2 Å². The molecule has 2 unspecified atom stereocenters. The monoisotopic (exact) mass is 467 g/mol. The third-order valence-electron chi connectivity index (χ3n) is 5.69. The molecule has 2 aliphatic heterocycles. The maximum atomic E-state index is 13.1. The number of piperazine rings is 1. The lowest BCUT2D eigenvalue weighted by Crippen LogP contribution is -2.57. The number of nitrogens with zero attached hydrogens (tertiary/aromatic N) is 5. The molecule has 11 heteroatoms. The smallest absolute Gasteiger partial charge is 0.288 e. The van der Waals surface area contributed by atoms with Gasteiger partial charge < -0.3 is 9.15 Å². The van der Waals surface area contributed by atoms with E-state index >= 15 is 0 Å². The lowest BCUT2D eigenvalue weighted by atomic mass is 10.1. The number of rotatable bonds is 5. The quantitative estimate of drug-likeness (QED) is 0.623. The van der Waals surface area contributed by atoms with Crippen LogP contribution in [0.4, 0.5) is 0 Å². The summed E-state index contributed by atoms with van der Waals surface area (Å²) in [5, 5.41) is 4.54. The molecule has 4 rings (SSSR count). The molecule has 1 aromatic carbocycles. The molecule has 0 spiro atoms. The maximum Gasteiger partial charge on any atom is 0.288 e. The third kappa shape index (κ3) is 4.91. The Balaban J connectivity index is 1.39. The van der Waals surface area contributed by atoms with Crippen molar-refractivity contribution in [3.63, 3.8) is 0 Å². The van der Waals surface area contributed by atoms with Gasteiger partial charge in [0.25, 0.3) is 15.0 Å². The van der Waals surface area contributed by atoms with Crippen LogP contribution in [0.1, 0.15) is 19.4 Å². The molecular weight excluding hydrogens is 438 g/mol. The summed E-state index contributed by atoms with van der Waals surface area (Å²) in [7, 11) is -3.49. The lowest BCUT2D eigenvalue weighted by molar-refractivity contribution is -0.0458. The van der Waals surface area contributed by atoms with Crippen molar-refractivity contribution in [1.82, 2.24) is 23.3 Å². The first-order valence-electron chi connectivity index (χ1n) is 10.5. The molecule has 2 aliphatic rings. The minimum Gasteiger partial charge on any atom is -0.409 e. The van der Waals surface area contributed by atoms with Crippen LogP contribution in [0.3, 0.4) is 0 Å². The Morgan fingerprint density at radius 2 is 1.71 bits per heavy atom. The molecule has 0 amide bonds. The van der Waals surface area contributed by atoms with E-state index in [-0.39, 0.29) is 12.2 Å². The van der Waals surface area contributed by atoms with Crippen molar-refractivity contribution < 1.29 is 17.6 Å². The Kier molecular flexibility index (Phi) is 6.61. The Labute approximate surface area is 188 Å². The molecule has 0 aliphatic carbocycles. The van der Waals surface area contributed by atoms with Crippen LogP contribution in [-0.4, -0.2) is 83.2 Å². The van der Waals surface area contributed by atoms with Gasteiger partial charge in [0.1, 0.15) is 0 Å². The topological polar surface area (TPSA) is 84.1 Å². The van der Waals surface area contributed by atoms with Crippen molar-refractivity contribution >= 4 is 22.4 Å². The van der Waals surface area contributed by atoms with E-state index in [1.807, 2.05) is 45.0 Å². The zero-order valence-electron chi connectivity index (χ0n) is 18.1. The molecule has 170 valence electrons. The molecule has 31 heavy (non-hydrogen) atoms. The van der Waals surface area contributed by atoms with Gasteiger partial charge in [-0.3, -0.25) is 4.90 Å². The lowest BCUT2D eigenvalue weighted by Gasteiger charge is -2.40. The number of aromatic nitrogens is 2. The molecule has 0 bridgehead atoms. The highest BCUT2D eigenvalue weighted by Gasteiger charge is 2.36. The van der Waals surface area contributed by atoms with Gasteiger partial charge in [0, 0.05) is 44.8 Å². The standard InChI is InChI=1S/C20H29N5O4S2/c1-15-6-4-5-7-18(15)19-21-25(20(30)29-19)14-22-8-10-23(11-9-22)31(26,27)24-12-16(2)28-17(3)13-24/h4-7,16-17H,8-14H2,1-3H3. The van der Waals surface area contributed by atoms with Crippen molar-refractivity contribution in [1.29, 1.82) is 0 Å². The maximum absolute atomic E-state index is 13.1. The Hall–Kier alpha value is -1.63. The Bertz CT molecular complexity index is 1070. The average Bonchev–Trinajstić information content (AvgIpc) is 3.08. The van der Waals surface area contributed by atoms with E-state index in [1.165, 1.54) is 0 Å². The highest BCUT2D eigenvalue weighted by atomic mass is 32.2. The first kappa shape index (κ1) is 22.6. The van der Waals surface area contributed by atoms with Gasteiger partial charge in [0.05, 0.1) is 18.9 Å². The second-order valence-electron chi connectivity index (χ2n) is 8.23. The summed E-state index contributed by atoms with van der Waals surface area (Å²) in [5.74, 6) is 0.500. The van der Waals surface area contributed by atoms with Crippen LogP contribution in [-0.2, 0) is 21.6 Å². The number of benzene rings is 1. The molecule has 2 atom stereocenters. The van der Waals surface area contributed by atoms with E-state index in [1.54, 1.807) is 13.3 Å². The molecule has 0 N–H and O–H groups in total. The second kappa shape index (κ2) is 9.08. The summed E-state index contributed by atoms with van der Waals surface area (Å²) in [6.07, 6.45) is -0.201. The largest absolute Gasteiger partial charge is 0.409 e. The van der Waals surface area contributed by atoms with Crippen molar-refractivity contribution in [2.24, 2.45) is 0 Å². The van der Waals surface area contributed by atoms with Crippen LogP contribution < -0.4 is 0 Å². The molecule has 2 saturated heterocycles. The van der Waals surface area contributed by atoms with Gasteiger partial charge in [-0.15, -0.1) is 5.10 Å². The van der Waals surface area contributed by atoms with Crippen LogP contribution in [0.5, 0.6) is 0 Å². The van der Waals surface area contributed by atoms with Crippen molar-refractivity contribution in [3.05, 3.63) is 34.7 Å². The second-order valence-corrected chi connectivity index (χ2v) is 10.5. The highest BCUT2D eigenvalue weighted by molar-refractivity contribution is 7.86. The minimum atomic E-state index is -3.49. The summed E-state index contributed by atoms with van der Waals surface area (Å²) in [6.45, 7) is 9.12. The number of hydrogen-bond acceptors (Lipinski definition) is 7. The van der Waals surface area contributed by atoms with E-state index in [0.29, 0.717) is 56.7 Å². The van der Waals surface area contributed by atoms with Crippen molar-refractivity contribution in [3.8, 4) is 11.5 Å². The summed E-state index contributed by atoms with van der Waals surface area (Å²) in [5.41, 5.74) is 1.98. The zero-order valence-corrected chi connectivity index (χ0v) is 19.7. The number of morpholine rings is 1. The molecule has 1 aromatic heterocycles. The molecule has 2 aromatic rings. The summed E-state index contributed by atoms with van der Waals surface area (Å²) in [6, 6.07) is 7.87. The fourth-order valence-electron chi connectivity index (χ4n) is 4.09. The molecule has 9 nitrogen and oxygen atoms in total. The first-order valence-corrected chi connectivity index (χ1v) is 12.3. The number of aryl methyl sites for hydroxylation is 1. The zero-order chi connectivity index (χ0) is 22.2. The van der Waals surface area contributed by atoms with Crippen molar-refractivity contribution in [2.45, 2.75) is 39.6 Å². The average molecular weight is 468 g/mol. The van der Waals surface area contributed by atoms with Gasteiger partial charge >= 0.3 is 0 Å². The van der Waals surface area contributed by atoms with Gasteiger partial charge in [-0.05, 0) is 44.6 Å². The Morgan fingerprint density at radius 1 is 1.06 bits per heavy atom. The van der Waals surface area contributed by atoms with Gasteiger partial charge in [-0.2, -0.15) is 17.0 Å². The fraction of sp³-hybridized carbons (Fsp3) is 0.600. The molecule has 0 saturated carbocycles. The van der Waals surface area contributed by atoms with Gasteiger partial charge in [0.2, 0.25) is 5.89 Å². The van der Waals surface area contributed by atoms with Crippen LogP contribution in [0.2, 0.25) is 0 Å². The van der Waals surface area contributed by atoms with Gasteiger partial charge in [0.15, 0.2) is 0 Å². The fourth-order valence-corrected chi connectivity index (χ4v) is 6.02. The van der Waals surface area contributed by atoms with Crippen LogP contribution >= 0.6 is 12.2 Å². The molecule has 0 radical (unpaired) electrons. The number of ether oxygens (including phenoxy) is 1. The predicted molar refractivity (Wildman–Crippen MR) is 119 cm³/mol. The number of hydrogen-bond donors (Lipinski definition) is 0.